The highest BCUT2D eigenvalue weighted by Gasteiger charge is 1.93. The molecule has 1 aromatic rings. The lowest BCUT2D eigenvalue weighted by Crippen LogP contribution is -1.88. The maximum absolute atomic E-state index is 5.55. The van der Waals surface area contributed by atoms with Crippen molar-refractivity contribution in [2.24, 2.45) is 0 Å². The molecule has 1 aromatic heterocycles. The monoisotopic (exact) mass is 176 g/mol. The molecule has 56 valence electrons. The van der Waals surface area contributed by atoms with E-state index in [1.54, 1.807) is 18.0 Å². The molecule has 1 rings (SSSR count). The van der Waals surface area contributed by atoms with Crippen molar-refractivity contribution in [1.82, 2.24) is 4.98 Å². The molecule has 2 N–H and O–H groups in total. The van der Waals surface area contributed by atoms with Gasteiger partial charge in [-0.05, 0) is 18.4 Å². The summed E-state index contributed by atoms with van der Waals surface area (Å²) in [6, 6.07) is 3.67. The molecule has 2 nitrogen and oxygen atoms in total. The maximum Gasteiger partial charge on any atom is 0.119 e. The molecule has 0 radical (unpaired) electrons. The Hall–Kier alpha value is -0.410. The van der Waals surface area contributed by atoms with Gasteiger partial charge in [-0.2, -0.15) is 0 Å². The molecule has 0 bridgehead atoms. The zero-order chi connectivity index (χ0) is 6.69. The first-order valence-electron chi connectivity index (χ1n) is 2.59. The Morgan fingerprint density at radius 3 is 2.70 bits per heavy atom. The quantitative estimate of drug-likeness (QED) is 0.664. The van der Waals surface area contributed by atoms with E-state index in [1.165, 1.54) is 0 Å². The lowest BCUT2D eigenvalue weighted by atomic mass is 10.4. The summed E-state index contributed by atoms with van der Waals surface area (Å²) in [5.41, 5.74) is 6.30. The number of hydrogen-bond donors (Lipinski definition) is 1. The fraction of sp³-hybridized carbons (Fsp3) is 0.167. The maximum atomic E-state index is 5.55. The third kappa shape index (κ3) is 2.08. The second-order valence-corrected chi connectivity index (χ2v) is 2.40. The average molecular weight is 177 g/mol. The van der Waals surface area contributed by atoms with E-state index in [2.05, 4.69) is 4.98 Å². The van der Waals surface area contributed by atoms with Crippen molar-refractivity contribution in [3.8, 4) is 0 Å². The van der Waals surface area contributed by atoms with E-state index in [9.17, 15) is 0 Å². The Kier molecular flexibility index (Phi) is 4.23. The van der Waals surface area contributed by atoms with Crippen LogP contribution in [-0.2, 0) is 0 Å². The van der Waals surface area contributed by atoms with E-state index < -0.39 is 0 Å². The zero-order valence-electron chi connectivity index (χ0n) is 5.57. The molecule has 0 aliphatic heterocycles. The largest absolute Gasteiger partial charge is 0.397 e. The summed E-state index contributed by atoms with van der Waals surface area (Å²) in [6.45, 7) is 0. The van der Waals surface area contributed by atoms with Crippen LogP contribution in [0.3, 0.4) is 0 Å². The number of anilines is 1. The second kappa shape index (κ2) is 4.41. The summed E-state index contributed by atoms with van der Waals surface area (Å²) >= 11 is 1.56. The van der Waals surface area contributed by atoms with Crippen LogP contribution in [0.25, 0.3) is 0 Å². The molecule has 1 heterocycles. The standard InChI is InChI=1S/C6H8N2S.ClH/c1-9-6-5(7)3-2-4-8-6;/h2-4H,7H2,1H3;1H. The van der Waals surface area contributed by atoms with Gasteiger partial charge >= 0.3 is 0 Å². The summed E-state index contributed by atoms with van der Waals surface area (Å²) in [5, 5.41) is 0.900. The van der Waals surface area contributed by atoms with Crippen LogP contribution in [0.4, 0.5) is 5.69 Å². The molecule has 0 aliphatic carbocycles. The van der Waals surface area contributed by atoms with E-state index in [0.717, 1.165) is 10.7 Å². The van der Waals surface area contributed by atoms with Crippen LogP contribution >= 0.6 is 24.2 Å². The number of thioether (sulfide) groups is 1. The van der Waals surface area contributed by atoms with Crippen molar-refractivity contribution in [2.45, 2.75) is 5.03 Å². The number of hydrogen-bond acceptors (Lipinski definition) is 3. The third-order valence-corrected chi connectivity index (χ3v) is 1.72. The highest BCUT2D eigenvalue weighted by Crippen LogP contribution is 2.17. The highest BCUT2D eigenvalue weighted by atomic mass is 35.5. The molecule has 0 fully saturated rings. The first-order chi connectivity index (χ1) is 4.34. The summed E-state index contributed by atoms with van der Waals surface area (Å²) in [5.74, 6) is 0. The van der Waals surface area contributed by atoms with Crippen molar-refractivity contribution in [3.63, 3.8) is 0 Å². The number of nitrogens with zero attached hydrogens (tertiary/aromatic N) is 1. The number of halogens is 1. The summed E-state index contributed by atoms with van der Waals surface area (Å²) in [4.78, 5) is 4.03. The van der Waals surface area contributed by atoms with E-state index in [-0.39, 0.29) is 12.4 Å². The molecule has 0 amide bonds. The van der Waals surface area contributed by atoms with Gasteiger partial charge in [-0.1, -0.05) is 0 Å². The lowest BCUT2D eigenvalue weighted by Gasteiger charge is -1.96. The SMILES string of the molecule is CSc1ncccc1N.Cl. The van der Waals surface area contributed by atoms with Crippen LogP contribution in [0.5, 0.6) is 0 Å². The smallest absolute Gasteiger partial charge is 0.119 e. The Morgan fingerprint density at radius 2 is 2.30 bits per heavy atom. The zero-order valence-corrected chi connectivity index (χ0v) is 7.21. The van der Waals surface area contributed by atoms with Crippen LogP contribution in [-0.4, -0.2) is 11.2 Å². The first-order valence-corrected chi connectivity index (χ1v) is 3.81. The minimum absolute atomic E-state index is 0. The topological polar surface area (TPSA) is 38.9 Å². The van der Waals surface area contributed by atoms with Gasteiger partial charge in [-0.3, -0.25) is 0 Å². The van der Waals surface area contributed by atoms with E-state index in [4.69, 9.17) is 5.73 Å². The van der Waals surface area contributed by atoms with Gasteiger partial charge in [-0.15, -0.1) is 24.2 Å². The van der Waals surface area contributed by atoms with Gasteiger partial charge in [0, 0.05) is 6.20 Å². The first kappa shape index (κ1) is 9.59. The molecule has 0 aromatic carbocycles. The predicted octanol–water partition coefficient (Wildman–Crippen LogP) is 1.81. The van der Waals surface area contributed by atoms with Crippen molar-refractivity contribution < 1.29 is 0 Å². The number of rotatable bonds is 1. The van der Waals surface area contributed by atoms with Crippen LogP contribution in [0.2, 0.25) is 0 Å². The van der Waals surface area contributed by atoms with Gasteiger partial charge in [0.05, 0.1) is 5.69 Å². The normalized spacial score (nSPS) is 8.50. The lowest BCUT2D eigenvalue weighted by molar-refractivity contribution is 1.15. The molecule has 0 saturated heterocycles. The van der Waals surface area contributed by atoms with Crippen molar-refractivity contribution in [1.29, 1.82) is 0 Å². The Bertz CT molecular complexity index is 205. The van der Waals surface area contributed by atoms with Gasteiger partial charge in [0.25, 0.3) is 0 Å². The number of nitrogen functional groups attached to an aromatic ring is 1. The van der Waals surface area contributed by atoms with Gasteiger partial charge in [0.1, 0.15) is 5.03 Å². The van der Waals surface area contributed by atoms with Crippen LogP contribution in [0.1, 0.15) is 0 Å². The average Bonchev–Trinajstić information content (AvgIpc) is 1.89. The van der Waals surface area contributed by atoms with Crippen molar-refractivity contribution in [2.75, 3.05) is 12.0 Å². The molecule has 10 heavy (non-hydrogen) atoms. The Labute approximate surface area is 70.6 Å². The van der Waals surface area contributed by atoms with Crippen molar-refractivity contribution in [3.05, 3.63) is 18.3 Å². The Morgan fingerprint density at radius 1 is 1.60 bits per heavy atom. The highest BCUT2D eigenvalue weighted by molar-refractivity contribution is 7.98. The number of aromatic nitrogens is 1. The molecule has 0 atom stereocenters. The fourth-order valence-electron chi connectivity index (χ4n) is 0.574. The van der Waals surface area contributed by atoms with Crippen molar-refractivity contribution >= 4 is 29.9 Å². The molecule has 0 aliphatic rings. The summed E-state index contributed by atoms with van der Waals surface area (Å²) < 4.78 is 0. The van der Waals surface area contributed by atoms with Gasteiger partial charge < -0.3 is 5.73 Å². The predicted molar refractivity (Wildman–Crippen MR) is 47.7 cm³/mol. The van der Waals surface area contributed by atoms with Gasteiger partial charge in [0.2, 0.25) is 0 Å². The van der Waals surface area contributed by atoms with Crippen LogP contribution < -0.4 is 5.73 Å². The molecular formula is C6H9ClN2S. The summed E-state index contributed by atoms with van der Waals surface area (Å²) in [6.07, 6.45) is 3.70. The Balaban J connectivity index is 0.000000810. The molecular weight excluding hydrogens is 168 g/mol. The van der Waals surface area contributed by atoms with Gasteiger partial charge in [0.15, 0.2) is 0 Å². The molecule has 4 heteroatoms. The van der Waals surface area contributed by atoms with E-state index >= 15 is 0 Å². The number of nitrogens with two attached hydrogens (primary N) is 1. The number of pyridine rings is 1. The minimum atomic E-state index is 0. The van der Waals surface area contributed by atoms with E-state index in [1.807, 2.05) is 18.4 Å². The summed E-state index contributed by atoms with van der Waals surface area (Å²) in [7, 11) is 0. The molecule has 0 saturated carbocycles. The van der Waals surface area contributed by atoms with E-state index in [0.29, 0.717) is 0 Å². The van der Waals surface area contributed by atoms with Crippen LogP contribution in [0, 0.1) is 0 Å². The second-order valence-electron chi connectivity index (χ2n) is 1.60. The molecule has 0 unspecified atom stereocenters. The van der Waals surface area contributed by atoms with Crippen LogP contribution in [0.15, 0.2) is 23.4 Å². The minimum Gasteiger partial charge on any atom is -0.397 e. The fourth-order valence-corrected chi connectivity index (χ4v) is 1.04. The molecule has 0 spiro atoms. The van der Waals surface area contributed by atoms with Gasteiger partial charge in [-0.25, -0.2) is 4.98 Å². The third-order valence-electron chi connectivity index (χ3n) is 0.994.